The normalized spacial score (nSPS) is 21.4. The van der Waals surface area contributed by atoms with Gasteiger partial charge in [-0.15, -0.1) is 0 Å². The number of nitrogens with zero attached hydrogens (tertiary/aromatic N) is 3. The molecule has 21 heavy (non-hydrogen) atoms. The van der Waals surface area contributed by atoms with Gasteiger partial charge >= 0.3 is 0 Å². The third-order valence-corrected chi connectivity index (χ3v) is 3.79. The SMILES string of the molecule is COCCN(CCC(N)=NO)CC1CN(C(C)C)CCO1. The van der Waals surface area contributed by atoms with Gasteiger partial charge in [-0.2, -0.15) is 0 Å². The molecule has 7 heteroatoms. The van der Waals surface area contributed by atoms with Crippen molar-refractivity contribution in [1.29, 1.82) is 0 Å². The Morgan fingerprint density at radius 3 is 2.90 bits per heavy atom. The predicted molar refractivity (Wildman–Crippen MR) is 82.8 cm³/mol. The molecule has 7 nitrogen and oxygen atoms in total. The molecule has 0 bridgehead atoms. The molecule has 1 heterocycles. The average molecular weight is 302 g/mol. The van der Waals surface area contributed by atoms with Crippen molar-refractivity contribution in [3.8, 4) is 0 Å². The van der Waals surface area contributed by atoms with Gasteiger partial charge in [-0.25, -0.2) is 0 Å². The first-order valence-corrected chi connectivity index (χ1v) is 7.60. The van der Waals surface area contributed by atoms with E-state index in [2.05, 4.69) is 28.8 Å². The Kier molecular flexibility index (Phi) is 8.60. The van der Waals surface area contributed by atoms with Gasteiger partial charge in [-0.1, -0.05) is 5.16 Å². The van der Waals surface area contributed by atoms with E-state index in [0.717, 1.165) is 39.3 Å². The smallest absolute Gasteiger partial charge is 0.140 e. The highest BCUT2D eigenvalue weighted by Gasteiger charge is 2.24. The van der Waals surface area contributed by atoms with E-state index < -0.39 is 0 Å². The molecule has 1 unspecified atom stereocenters. The maximum absolute atomic E-state index is 8.63. The van der Waals surface area contributed by atoms with Gasteiger partial charge in [0.1, 0.15) is 5.84 Å². The van der Waals surface area contributed by atoms with E-state index in [1.807, 2.05) is 0 Å². The average Bonchev–Trinajstić information content (AvgIpc) is 2.49. The van der Waals surface area contributed by atoms with E-state index in [-0.39, 0.29) is 11.9 Å². The second-order valence-corrected chi connectivity index (χ2v) is 5.72. The summed E-state index contributed by atoms with van der Waals surface area (Å²) in [7, 11) is 1.69. The highest BCUT2D eigenvalue weighted by atomic mass is 16.5. The second kappa shape index (κ2) is 9.94. The Bertz CT molecular complexity index is 313. The minimum absolute atomic E-state index is 0.199. The molecule has 1 aliphatic rings. The molecule has 0 saturated carbocycles. The molecule has 0 spiro atoms. The molecule has 0 aliphatic carbocycles. The number of amidine groups is 1. The van der Waals surface area contributed by atoms with Crippen LogP contribution in [0.1, 0.15) is 20.3 Å². The molecule has 124 valence electrons. The summed E-state index contributed by atoms with van der Waals surface area (Å²) >= 11 is 0. The number of methoxy groups -OCH3 is 1. The summed E-state index contributed by atoms with van der Waals surface area (Å²) in [5, 5.41) is 11.6. The van der Waals surface area contributed by atoms with E-state index >= 15 is 0 Å². The molecule has 1 rings (SSSR count). The number of rotatable bonds is 9. The van der Waals surface area contributed by atoms with Crippen LogP contribution in [0.3, 0.4) is 0 Å². The minimum atomic E-state index is 0.199. The molecule has 1 saturated heterocycles. The lowest BCUT2D eigenvalue weighted by Gasteiger charge is -2.37. The van der Waals surface area contributed by atoms with Gasteiger partial charge in [0, 0.05) is 52.3 Å². The summed E-state index contributed by atoms with van der Waals surface area (Å²) in [6.07, 6.45) is 0.742. The zero-order chi connectivity index (χ0) is 15.7. The summed E-state index contributed by atoms with van der Waals surface area (Å²) in [5.41, 5.74) is 5.55. The Labute approximate surface area is 127 Å². The van der Waals surface area contributed by atoms with Crippen LogP contribution < -0.4 is 5.73 Å². The first-order valence-electron chi connectivity index (χ1n) is 7.60. The lowest BCUT2D eigenvalue weighted by molar-refractivity contribution is -0.0534. The first-order chi connectivity index (χ1) is 10.1. The molecule has 0 aromatic rings. The van der Waals surface area contributed by atoms with Crippen molar-refractivity contribution in [2.75, 3.05) is 53.0 Å². The second-order valence-electron chi connectivity index (χ2n) is 5.72. The van der Waals surface area contributed by atoms with Crippen LogP contribution in [-0.4, -0.2) is 86.0 Å². The van der Waals surface area contributed by atoms with Crippen LogP contribution in [0.25, 0.3) is 0 Å². The van der Waals surface area contributed by atoms with E-state index in [4.69, 9.17) is 20.4 Å². The third kappa shape index (κ3) is 7.08. The number of nitrogens with two attached hydrogens (primary N) is 1. The van der Waals surface area contributed by atoms with Crippen LogP contribution in [0.5, 0.6) is 0 Å². The third-order valence-electron chi connectivity index (χ3n) is 3.79. The molecule has 0 aromatic heterocycles. The molecular formula is C14H30N4O3. The number of hydrogen-bond acceptors (Lipinski definition) is 6. The molecule has 1 aliphatic heterocycles. The zero-order valence-electron chi connectivity index (χ0n) is 13.5. The van der Waals surface area contributed by atoms with Crippen molar-refractivity contribution in [2.24, 2.45) is 10.9 Å². The van der Waals surface area contributed by atoms with Crippen LogP contribution in [0.15, 0.2) is 5.16 Å². The number of oxime groups is 1. The molecule has 0 radical (unpaired) electrons. The van der Waals surface area contributed by atoms with E-state index in [9.17, 15) is 0 Å². The monoisotopic (exact) mass is 302 g/mol. The Balaban J connectivity index is 2.46. The van der Waals surface area contributed by atoms with Crippen molar-refractivity contribution in [1.82, 2.24) is 9.80 Å². The van der Waals surface area contributed by atoms with Gasteiger partial charge in [0.05, 0.1) is 19.3 Å². The fourth-order valence-corrected chi connectivity index (χ4v) is 2.45. The standard InChI is InChI=1S/C14H30N4O3/c1-12(2)18-7-9-21-13(11-18)10-17(6-8-20-3)5-4-14(15)16-19/h12-13,19H,4-11H2,1-3H3,(H2,15,16). The number of hydrogen-bond donors (Lipinski definition) is 2. The highest BCUT2D eigenvalue weighted by molar-refractivity contribution is 5.79. The lowest BCUT2D eigenvalue weighted by Crippen LogP contribution is -2.50. The molecule has 0 amide bonds. The van der Waals surface area contributed by atoms with Gasteiger partial charge in [-0.05, 0) is 13.8 Å². The highest BCUT2D eigenvalue weighted by Crippen LogP contribution is 2.10. The number of morpholine rings is 1. The van der Waals surface area contributed by atoms with Crippen molar-refractivity contribution >= 4 is 5.84 Å². The summed E-state index contributed by atoms with van der Waals surface area (Å²) in [4.78, 5) is 4.68. The quantitative estimate of drug-likeness (QED) is 0.274. The maximum Gasteiger partial charge on any atom is 0.140 e. The van der Waals surface area contributed by atoms with Gasteiger partial charge in [-0.3, -0.25) is 9.80 Å². The Morgan fingerprint density at radius 2 is 2.29 bits per heavy atom. The van der Waals surface area contributed by atoms with E-state index in [1.54, 1.807) is 7.11 Å². The maximum atomic E-state index is 8.63. The van der Waals surface area contributed by atoms with Crippen LogP contribution in [0.4, 0.5) is 0 Å². The van der Waals surface area contributed by atoms with E-state index in [0.29, 0.717) is 19.1 Å². The molecule has 1 atom stereocenters. The van der Waals surface area contributed by atoms with Crippen molar-refractivity contribution < 1.29 is 14.7 Å². The van der Waals surface area contributed by atoms with E-state index in [1.165, 1.54) is 0 Å². The Hall–Kier alpha value is -0.890. The predicted octanol–water partition coefficient (Wildman–Crippen LogP) is 0.181. The van der Waals surface area contributed by atoms with Crippen molar-refractivity contribution in [3.05, 3.63) is 0 Å². The van der Waals surface area contributed by atoms with Gasteiger partial charge < -0.3 is 20.4 Å². The molecule has 0 aromatic carbocycles. The largest absolute Gasteiger partial charge is 0.409 e. The molecular weight excluding hydrogens is 272 g/mol. The zero-order valence-corrected chi connectivity index (χ0v) is 13.5. The fourth-order valence-electron chi connectivity index (χ4n) is 2.45. The lowest BCUT2D eigenvalue weighted by atomic mass is 10.2. The van der Waals surface area contributed by atoms with Crippen LogP contribution in [-0.2, 0) is 9.47 Å². The molecule has 3 N–H and O–H groups in total. The summed E-state index contributed by atoms with van der Waals surface area (Å²) in [6, 6.07) is 0.543. The fraction of sp³-hybridized carbons (Fsp3) is 0.929. The minimum Gasteiger partial charge on any atom is -0.409 e. The number of ether oxygens (including phenoxy) is 2. The van der Waals surface area contributed by atoms with Gasteiger partial charge in [0.15, 0.2) is 0 Å². The Morgan fingerprint density at radius 1 is 1.52 bits per heavy atom. The van der Waals surface area contributed by atoms with Gasteiger partial charge in [0.2, 0.25) is 0 Å². The van der Waals surface area contributed by atoms with Crippen molar-refractivity contribution in [3.63, 3.8) is 0 Å². The first kappa shape index (κ1) is 18.2. The summed E-state index contributed by atoms with van der Waals surface area (Å²) < 4.78 is 11.0. The summed E-state index contributed by atoms with van der Waals surface area (Å²) in [5.74, 6) is 0.255. The van der Waals surface area contributed by atoms with Crippen LogP contribution in [0, 0.1) is 0 Å². The van der Waals surface area contributed by atoms with Crippen LogP contribution in [0.2, 0.25) is 0 Å². The van der Waals surface area contributed by atoms with Gasteiger partial charge in [0.25, 0.3) is 0 Å². The summed E-state index contributed by atoms with van der Waals surface area (Å²) in [6.45, 7) is 10.2. The van der Waals surface area contributed by atoms with Crippen molar-refractivity contribution in [2.45, 2.75) is 32.4 Å². The molecule has 1 fully saturated rings. The van der Waals surface area contributed by atoms with Crippen LogP contribution >= 0.6 is 0 Å². The topological polar surface area (TPSA) is 83.5 Å².